The minimum atomic E-state index is -0.503. The van der Waals surface area contributed by atoms with E-state index in [1.807, 2.05) is 10.8 Å². The Morgan fingerprint density at radius 2 is 2.26 bits per heavy atom. The van der Waals surface area contributed by atoms with E-state index in [9.17, 15) is 5.11 Å². The molecule has 1 aromatic carbocycles. The fourth-order valence-corrected chi connectivity index (χ4v) is 3.15. The number of aliphatic hydroxyl groups excluding tert-OH is 1. The van der Waals surface area contributed by atoms with Gasteiger partial charge in [0.1, 0.15) is 11.9 Å². The first kappa shape index (κ1) is 12.4. The van der Waals surface area contributed by atoms with Gasteiger partial charge in [-0.2, -0.15) is 0 Å². The number of aliphatic hydroxyl groups is 1. The number of aromatic nitrogens is 2. The Morgan fingerprint density at radius 3 is 3.11 bits per heavy atom. The molecular formula is C16H20N2O. The minimum Gasteiger partial charge on any atom is -0.385 e. The monoisotopic (exact) mass is 256 g/mol. The summed E-state index contributed by atoms with van der Waals surface area (Å²) in [5.74, 6) is 0.974. The Hall–Kier alpha value is -1.61. The van der Waals surface area contributed by atoms with Crippen molar-refractivity contribution in [1.29, 1.82) is 0 Å². The van der Waals surface area contributed by atoms with Crippen molar-refractivity contribution in [3.63, 3.8) is 0 Å². The van der Waals surface area contributed by atoms with Crippen molar-refractivity contribution < 1.29 is 5.11 Å². The lowest BCUT2D eigenvalue weighted by atomic mass is 9.79. The Labute approximate surface area is 113 Å². The molecule has 3 rings (SSSR count). The van der Waals surface area contributed by atoms with Crippen molar-refractivity contribution in [2.75, 3.05) is 0 Å². The Kier molecular flexibility index (Phi) is 3.38. The molecular weight excluding hydrogens is 236 g/mol. The third-order valence-electron chi connectivity index (χ3n) is 4.15. The Morgan fingerprint density at radius 1 is 1.42 bits per heavy atom. The van der Waals surface area contributed by atoms with Crippen LogP contribution in [0.4, 0.5) is 0 Å². The van der Waals surface area contributed by atoms with Crippen LogP contribution in [0.3, 0.4) is 0 Å². The van der Waals surface area contributed by atoms with E-state index in [2.05, 4.69) is 36.2 Å². The summed E-state index contributed by atoms with van der Waals surface area (Å²) in [6, 6.07) is 8.48. The van der Waals surface area contributed by atoms with Crippen LogP contribution >= 0.6 is 0 Å². The van der Waals surface area contributed by atoms with Crippen molar-refractivity contribution >= 4 is 0 Å². The minimum absolute atomic E-state index is 0.178. The highest BCUT2D eigenvalue weighted by Crippen LogP contribution is 2.39. The highest BCUT2D eigenvalue weighted by Gasteiger charge is 2.29. The molecule has 1 aliphatic carbocycles. The summed E-state index contributed by atoms with van der Waals surface area (Å²) in [6.45, 7) is 2.92. The van der Waals surface area contributed by atoms with Gasteiger partial charge in [-0.1, -0.05) is 24.3 Å². The molecule has 100 valence electrons. The topological polar surface area (TPSA) is 38.0 Å². The van der Waals surface area contributed by atoms with Crippen molar-refractivity contribution in [3.05, 3.63) is 53.6 Å². The van der Waals surface area contributed by atoms with Gasteiger partial charge in [-0.25, -0.2) is 4.98 Å². The second-order valence-electron chi connectivity index (χ2n) is 5.21. The maximum Gasteiger partial charge on any atom is 0.138 e. The molecule has 0 bridgehead atoms. The van der Waals surface area contributed by atoms with Gasteiger partial charge in [0.25, 0.3) is 0 Å². The van der Waals surface area contributed by atoms with Gasteiger partial charge < -0.3 is 9.67 Å². The Balaban J connectivity index is 1.95. The van der Waals surface area contributed by atoms with Crippen LogP contribution in [-0.4, -0.2) is 14.7 Å². The molecule has 2 aromatic rings. The maximum atomic E-state index is 10.7. The van der Waals surface area contributed by atoms with Gasteiger partial charge in [0, 0.05) is 24.9 Å². The van der Waals surface area contributed by atoms with Gasteiger partial charge >= 0.3 is 0 Å². The first-order valence-electron chi connectivity index (χ1n) is 7.08. The van der Waals surface area contributed by atoms with E-state index in [0.29, 0.717) is 0 Å². The summed E-state index contributed by atoms with van der Waals surface area (Å²) in [4.78, 5) is 4.35. The molecule has 0 aliphatic heterocycles. The average molecular weight is 256 g/mol. The number of rotatable bonds is 3. The summed E-state index contributed by atoms with van der Waals surface area (Å²) in [7, 11) is 0. The van der Waals surface area contributed by atoms with Crippen LogP contribution in [0.25, 0.3) is 0 Å². The van der Waals surface area contributed by atoms with E-state index in [1.54, 1.807) is 6.20 Å². The molecule has 3 heteroatoms. The van der Waals surface area contributed by atoms with E-state index < -0.39 is 6.10 Å². The van der Waals surface area contributed by atoms with Gasteiger partial charge in [-0.05, 0) is 37.3 Å². The van der Waals surface area contributed by atoms with Crippen molar-refractivity contribution in [1.82, 2.24) is 9.55 Å². The van der Waals surface area contributed by atoms with Crippen LogP contribution < -0.4 is 0 Å². The summed E-state index contributed by atoms with van der Waals surface area (Å²) in [5.41, 5.74) is 2.68. The summed E-state index contributed by atoms with van der Waals surface area (Å²) >= 11 is 0. The van der Waals surface area contributed by atoms with Crippen molar-refractivity contribution in [2.45, 2.75) is 44.8 Å². The predicted molar refractivity (Wildman–Crippen MR) is 75.0 cm³/mol. The quantitative estimate of drug-likeness (QED) is 0.916. The SMILES string of the molecule is CCn1ccnc1C(O)C1CCCc2ccccc21. The summed E-state index contributed by atoms with van der Waals surface area (Å²) in [5, 5.41) is 10.7. The van der Waals surface area contributed by atoms with Crippen LogP contribution in [0, 0.1) is 0 Å². The Bertz CT molecular complexity index is 561. The second-order valence-corrected chi connectivity index (χ2v) is 5.21. The summed E-state index contributed by atoms with van der Waals surface area (Å²) < 4.78 is 2.03. The molecule has 0 fully saturated rings. The van der Waals surface area contributed by atoms with Crippen LogP contribution in [0.1, 0.15) is 48.7 Å². The first-order chi connectivity index (χ1) is 9.31. The lowest BCUT2D eigenvalue weighted by molar-refractivity contribution is 0.123. The third kappa shape index (κ3) is 2.19. The lowest BCUT2D eigenvalue weighted by Gasteiger charge is -2.29. The molecule has 3 nitrogen and oxygen atoms in total. The number of hydrogen-bond acceptors (Lipinski definition) is 2. The van der Waals surface area contributed by atoms with Gasteiger partial charge in [0.2, 0.25) is 0 Å². The first-order valence-corrected chi connectivity index (χ1v) is 7.08. The number of nitrogens with zero attached hydrogens (tertiary/aromatic N) is 2. The normalized spacial score (nSPS) is 20.0. The molecule has 0 amide bonds. The van der Waals surface area contributed by atoms with Crippen molar-refractivity contribution in [3.8, 4) is 0 Å². The zero-order valence-corrected chi connectivity index (χ0v) is 11.3. The van der Waals surface area contributed by atoms with Gasteiger partial charge in [-0.3, -0.25) is 0 Å². The number of imidazole rings is 1. The summed E-state index contributed by atoms with van der Waals surface area (Å²) in [6.07, 6.45) is 6.52. The molecule has 1 aromatic heterocycles. The van der Waals surface area contributed by atoms with Gasteiger partial charge in [-0.15, -0.1) is 0 Å². The molecule has 2 unspecified atom stereocenters. The third-order valence-corrected chi connectivity index (χ3v) is 4.15. The largest absolute Gasteiger partial charge is 0.385 e. The number of benzene rings is 1. The van der Waals surface area contributed by atoms with Crippen LogP contribution in [0.5, 0.6) is 0 Å². The van der Waals surface area contributed by atoms with E-state index in [4.69, 9.17) is 0 Å². The second kappa shape index (κ2) is 5.17. The molecule has 1 N–H and O–H groups in total. The van der Waals surface area contributed by atoms with Gasteiger partial charge in [0.15, 0.2) is 0 Å². The molecule has 0 saturated carbocycles. The standard InChI is InChI=1S/C16H20N2O/c1-2-18-11-10-17-16(18)15(19)14-9-5-7-12-6-3-4-8-13(12)14/h3-4,6,8,10-11,14-15,19H,2,5,7,9H2,1H3. The molecule has 0 radical (unpaired) electrons. The smallest absolute Gasteiger partial charge is 0.138 e. The van der Waals surface area contributed by atoms with E-state index in [0.717, 1.165) is 31.6 Å². The fourth-order valence-electron chi connectivity index (χ4n) is 3.15. The van der Waals surface area contributed by atoms with Crippen LogP contribution in [0.2, 0.25) is 0 Å². The predicted octanol–water partition coefficient (Wildman–Crippen LogP) is 3.06. The van der Waals surface area contributed by atoms with Crippen LogP contribution in [0.15, 0.2) is 36.7 Å². The molecule has 19 heavy (non-hydrogen) atoms. The highest BCUT2D eigenvalue weighted by atomic mass is 16.3. The fraction of sp³-hybridized carbons (Fsp3) is 0.438. The van der Waals surface area contributed by atoms with Gasteiger partial charge in [0.05, 0.1) is 0 Å². The lowest BCUT2D eigenvalue weighted by Crippen LogP contribution is -2.20. The molecule has 2 atom stereocenters. The zero-order valence-electron chi connectivity index (χ0n) is 11.3. The van der Waals surface area contributed by atoms with E-state index >= 15 is 0 Å². The van der Waals surface area contributed by atoms with Crippen LogP contribution in [-0.2, 0) is 13.0 Å². The maximum absolute atomic E-state index is 10.7. The number of fused-ring (bicyclic) bond motifs is 1. The van der Waals surface area contributed by atoms with Crippen molar-refractivity contribution in [2.24, 2.45) is 0 Å². The highest BCUT2D eigenvalue weighted by molar-refractivity contribution is 5.34. The van der Waals surface area contributed by atoms with E-state index in [1.165, 1.54) is 11.1 Å². The zero-order chi connectivity index (χ0) is 13.2. The number of aryl methyl sites for hydroxylation is 2. The molecule has 0 saturated heterocycles. The van der Waals surface area contributed by atoms with E-state index in [-0.39, 0.29) is 5.92 Å². The number of hydrogen-bond donors (Lipinski definition) is 1. The molecule has 1 aliphatic rings. The molecule has 1 heterocycles. The molecule has 0 spiro atoms. The average Bonchev–Trinajstić information content (AvgIpc) is 2.94.